The van der Waals surface area contributed by atoms with E-state index >= 15 is 0 Å². The monoisotopic (exact) mass is 494 g/mol. The molecular weight excluding hydrogens is 456 g/mol. The molecule has 0 aliphatic carbocycles. The zero-order chi connectivity index (χ0) is 25.2. The number of hydrogen-bond donors (Lipinski definition) is 1. The van der Waals surface area contributed by atoms with Gasteiger partial charge in [-0.3, -0.25) is 14.6 Å². The highest BCUT2D eigenvalue weighted by molar-refractivity contribution is 5.79. The molecule has 0 aromatic heterocycles. The van der Waals surface area contributed by atoms with E-state index in [-0.39, 0.29) is 5.92 Å². The van der Waals surface area contributed by atoms with Gasteiger partial charge in [0.1, 0.15) is 0 Å². The summed E-state index contributed by atoms with van der Waals surface area (Å²) in [6, 6.07) is 26.4. The third-order valence-corrected chi connectivity index (χ3v) is 8.66. The molecule has 0 spiro atoms. The lowest BCUT2D eigenvalue weighted by Gasteiger charge is -2.40. The Morgan fingerprint density at radius 2 is 1.38 bits per heavy atom. The van der Waals surface area contributed by atoms with Crippen LogP contribution in [-0.4, -0.2) is 52.8 Å². The van der Waals surface area contributed by atoms with Crippen LogP contribution in [0.25, 0.3) is 11.1 Å². The summed E-state index contributed by atoms with van der Waals surface area (Å²) in [4.78, 5) is 20.7. The van der Waals surface area contributed by atoms with Gasteiger partial charge < -0.3 is 10.6 Å². The maximum Gasteiger partial charge on any atom is 0.225 e. The molecule has 37 heavy (non-hydrogen) atoms. The molecule has 3 heterocycles. The molecule has 2 saturated heterocycles. The average Bonchev–Trinajstić information content (AvgIpc) is 3.10. The normalized spacial score (nSPS) is 19.7. The molecule has 0 unspecified atom stereocenters. The Morgan fingerprint density at radius 3 is 2.00 bits per heavy atom. The van der Waals surface area contributed by atoms with Gasteiger partial charge in [-0.1, -0.05) is 60.7 Å². The molecule has 3 aromatic carbocycles. The Morgan fingerprint density at radius 1 is 0.757 bits per heavy atom. The van der Waals surface area contributed by atoms with Gasteiger partial charge in [-0.05, 0) is 78.7 Å². The molecule has 6 rings (SSSR count). The lowest BCUT2D eigenvalue weighted by atomic mass is 9.93. The topological polar surface area (TPSA) is 52.8 Å². The molecule has 3 aromatic rings. The van der Waals surface area contributed by atoms with Crippen molar-refractivity contribution in [3.63, 3.8) is 0 Å². The maximum atomic E-state index is 13.4. The number of rotatable bonds is 4. The summed E-state index contributed by atoms with van der Waals surface area (Å²) in [6.45, 7) is 6.60. The van der Waals surface area contributed by atoms with Crippen LogP contribution in [0.1, 0.15) is 42.4 Å². The molecule has 3 aliphatic heterocycles. The number of anilines is 1. The summed E-state index contributed by atoms with van der Waals surface area (Å²) >= 11 is 0. The molecule has 5 nitrogen and oxygen atoms in total. The zero-order valence-electron chi connectivity index (χ0n) is 21.7. The second-order valence-corrected chi connectivity index (χ2v) is 11.1. The lowest BCUT2D eigenvalue weighted by molar-refractivity contribution is -0.138. The Balaban J connectivity index is 1.04. The Kier molecular flexibility index (Phi) is 6.99. The quantitative estimate of drug-likeness (QED) is 0.510. The minimum Gasteiger partial charge on any atom is -0.399 e. The number of likely N-dealkylation sites (tertiary alicyclic amines) is 2. The van der Waals surface area contributed by atoms with E-state index in [9.17, 15) is 4.79 Å². The molecule has 0 radical (unpaired) electrons. The first-order valence-electron chi connectivity index (χ1n) is 13.9. The van der Waals surface area contributed by atoms with Gasteiger partial charge in [0.05, 0.1) is 0 Å². The van der Waals surface area contributed by atoms with Gasteiger partial charge in [-0.25, -0.2) is 0 Å². The van der Waals surface area contributed by atoms with E-state index in [1.807, 2.05) is 12.1 Å². The number of benzene rings is 3. The van der Waals surface area contributed by atoms with Gasteiger partial charge in [-0.15, -0.1) is 0 Å². The van der Waals surface area contributed by atoms with Gasteiger partial charge in [0.15, 0.2) is 0 Å². The first-order chi connectivity index (χ1) is 18.1. The molecular formula is C32H38N4O. The number of nitrogens with zero attached hydrogens (tertiary/aromatic N) is 3. The van der Waals surface area contributed by atoms with Crippen molar-refractivity contribution < 1.29 is 4.79 Å². The summed E-state index contributed by atoms with van der Waals surface area (Å²) < 4.78 is 0. The van der Waals surface area contributed by atoms with E-state index in [2.05, 4.69) is 75.4 Å². The van der Waals surface area contributed by atoms with Crippen LogP contribution < -0.4 is 5.73 Å². The number of fused-ring (bicyclic) bond motifs is 3. The number of nitrogens with two attached hydrogens (primary N) is 1. The predicted octanol–water partition coefficient (Wildman–Crippen LogP) is 5.15. The molecule has 3 aliphatic rings. The first kappa shape index (κ1) is 24.2. The molecule has 0 bridgehead atoms. The van der Waals surface area contributed by atoms with E-state index in [0.717, 1.165) is 77.2 Å². The van der Waals surface area contributed by atoms with Crippen molar-refractivity contribution in [2.24, 2.45) is 5.92 Å². The fraction of sp³-hybridized carbons (Fsp3) is 0.406. The fourth-order valence-corrected chi connectivity index (χ4v) is 6.59. The minimum absolute atomic E-state index is 0.172. The van der Waals surface area contributed by atoms with Crippen molar-refractivity contribution in [1.82, 2.24) is 14.7 Å². The molecule has 192 valence electrons. The molecule has 0 saturated carbocycles. The molecule has 2 N–H and O–H groups in total. The summed E-state index contributed by atoms with van der Waals surface area (Å²) in [6.07, 6.45) is 4.04. The number of piperidine rings is 2. The van der Waals surface area contributed by atoms with Crippen LogP contribution in [0.5, 0.6) is 0 Å². The van der Waals surface area contributed by atoms with Crippen molar-refractivity contribution in [2.45, 2.75) is 51.4 Å². The standard InChI is InChI=1S/C32H38N4O/c33-28-9-5-6-24(20-28)21-34-16-12-25(13-17-34)32(37)35-18-14-29(15-19-35)36-22-26-7-1-3-10-30(26)31-11-4-2-8-27(31)23-36/h1-11,20,25,29H,12-19,21-23,33H2. The Bertz CT molecular complexity index is 1190. The van der Waals surface area contributed by atoms with Gasteiger partial charge in [0.2, 0.25) is 5.91 Å². The van der Waals surface area contributed by atoms with Crippen LogP contribution in [0.3, 0.4) is 0 Å². The van der Waals surface area contributed by atoms with Crippen LogP contribution in [0, 0.1) is 5.92 Å². The number of carbonyl (C=O) groups excluding carboxylic acids is 1. The summed E-state index contributed by atoms with van der Waals surface area (Å²) in [7, 11) is 0. The summed E-state index contributed by atoms with van der Waals surface area (Å²) in [5.74, 6) is 0.555. The average molecular weight is 495 g/mol. The largest absolute Gasteiger partial charge is 0.399 e. The third kappa shape index (κ3) is 5.29. The van der Waals surface area contributed by atoms with Gasteiger partial charge in [-0.2, -0.15) is 0 Å². The molecule has 5 heteroatoms. The van der Waals surface area contributed by atoms with Crippen molar-refractivity contribution in [3.8, 4) is 11.1 Å². The van der Waals surface area contributed by atoms with Crippen LogP contribution in [0.15, 0.2) is 72.8 Å². The van der Waals surface area contributed by atoms with Crippen molar-refractivity contribution >= 4 is 11.6 Å². The van der Waals surface area contributed by atoms with E-state index in [1.165, 1.54) is 27.8 Å². The van der Waals surface area contributed by atoms with Crippen LogP contribution in [-0.2, 0) is 24.4 Å². The fourth-order valence-electron chi connectivity index (χ4n) is 6.59. The third-order valence-electron chi connectivity index (χ3n) is 8.66. The highest BCUT2D eigenvalue weighted by Gasteiger charge is 2.33. The molecule has 2 fully saturated rings. The number of carbonyl (C=O) groups is 1. The van der Waals surface area contributed by atoms with Crippen LogP contribution >= 0.6 is 0 Å². The highest BCUT2D eigenvalue weighted by Crippen LogP contribution is 2.35. The van der Waals surface area contributed by atoms with Crippen molar-refractivity contribution in [3.05, 3.63) is 89.5 Å². The van der Waals surface area contributed by atoms with E-state index in [0.29, 0.717) is 11.9 Å². The van der Waals surface area contributed by atoms with E-state index in [1.54, 1.807) is 0 Å². The summed E-state index contributed by atoms with van der Waals surface area (Å²) in [5.41, 5.74) is 13.6. The zero-order valence-corrected chi connectivity index (χ0v) is 21.7. The molecule has 0 atom stereocenters. The Hall–Kier alpha value is -3.15. The van der Waals surface area contributed by atoms with Gasteiger partial charge in [0, 0.05) is 50.4 Å². The first-order valence-corrected chi connectivity index (χ1v) is 13.9. The van der Waals surface area contributed by atoms with Crippen molar-refractivity contribution in [2.75, 3.05) is 31.9 Å². The van der Waals surface area contributed by atoms with Gasteiger partial charge >= 0.3 is 0 Å². The minimum atomic E-state index is 0.172. The predicted molar refractivity (Wildman–Crippen MR) is 150 cm³/mol. The van der Waals surface area contributed by atoms with Crippen molar-refractivity contribution in [1.29, 1.82) is 0 Å². The number of amides is 1. The second-order valence-electron chi connectivity index (χ2n) is 11.1. The second kappa shape index (κ2) is 10.7. The summed E-state index contributed by atoms with van der Waals surface area (Å²) in [5, 5.41) is 0. The maximum absolute atomic E-state index is 13.4. The van der Waals surface area contributed by atoms with E-state index < -0.39 is 0 Å². The number of nitrogen functional groups attached to an aromatic ring is 1. The lowest BCUT2D eigenvalue weighted by Crippen LogP contribution is -2.49. The Labute approximate surface area is 220 Å². The van der Waals surface area contributed by atoms with Crippen LogP contribution in [0.2, 0.25) is 0 Å². The number of hydrogen-bond acceptors (Lipinski definition) is 4. The van der Waals surface area contributed by atoms with Gasteiger partial charge in [0.25, 0.3) is 0 Å². The molecule has 1 amide bonds. The SMILES string of the molecule is Nc1cccc(CN2CCC(C(=O)N3CCC(N4Cc5ccccc5-c5ccccc5C4)CC3)CC2)c1. The smallest absolute Gasteiger partial charge is 0.225 e. The van der Waals surface area contributed by atoms with Crippen LogP contribution in [0.4, 0.5) is 5.69 Å². The highest BCUT2D eigenvalue weighted by atomic mass is 16.2. The van der Waals surface area contributed by atoms with E-state index in [4.69, 9.17) is 5.73 Å².